The molecule has 0 N–H and O–H groups in total. The highest BCUT2D eigenvalue weighted by atomic mass is 16.6. The van der Waals surface area contributed by atoms with E-state index in [9.17, 15) is 15.3 Å². The van der Waals surface area contributed by atoms with E-state index in [-0.39, 0.29) is 5.69 Å². The third-order valence-corrected chi connectivity index (χ3v) is 4.15. The number of benzene rings is 3. The Balaban J connectivity index is 2.10. The van der Waals surface area contributed by atoms with E-state index in [0.717, 1.165) is 20.9 Å². The van der Waals surface area contributed by atoms with Crippen LogP contribution in [0.15, 0.2) is 72.8 Å². The van der Waals surface area contributed by atoms with Crippen LogP contribution >= 0.6 is 0 Å². The predicted molar refractivity (Wildman–Crippen MR) is 92.5 cm³/mol. The number of non-ortho nitro benzene ring substituents is 1. The summed E-state index contributed by atoms with van der Waals surface area (Å²) >= 11 is 0. The molecule has 0 fully saturated rings. The highest BCUT2D eigenvalue weighted by Gasteiger charge is 2.19. The van der Waals surface area contributed by atoms with Gasteiger partial charge in [-0.2, -0.15) is 4.73 Å². The summed E-state index contributed by atoms with van der Waals surface area (Å²) in [6, 6.07) is 21.2. The lowest BCUT2D eigenvalue weighted by Gasteiger charge is -2.12. The van der Waals surface area contributed by atoms with Gasteiger partial charge in [0.05, 0.1) is 15.7 Å². The zero-order chi connectivity index (χ0) is 16.7. The number of nitro benzene ring substituents is 1. The van der Waals surface area contributed by atoms with Crippen molar-refractivity contribution in [2.45, 2.75) is 0 Å². The summed E-state index contributed by atoms with van der Waals surface area (Å²) in [6.45, 7) is 0. The molecule has 5 heteroatoms. The molecule has 0 atom stereocenters. The molecule has 116 valence electrons. The maximum atomic E-state index is 12.9. The second-order valence-corrected chi connectivity index (χ2v) is 5.51. The molecule has 0 bridgehead atoms. The van der Waals surface area contributed by atoms with Gasteiger partial charge < -0.3 is 5.21 Å². The van der Waals surface area contributed by atoms with Crippen molar-refractivity contribution in [3.63, 3.8) is 0 Å². The molecule has 1 heterocycles. The number of aromatic nitrogens is 1. The Labute approximate surface area is 137 Å². The Hall–Kier alpha value is -3.47. The molecule has 0 aliphatic rings. The lowest BCUT2D eigenvalue weighted by atomic mass is 10.00. The fraction of sp³-hybridized carbons (Fsp3) is 0. The Morgan fingerprint density at radius 2 is 1.33 bits per heavy atom. The lowest BCUT2D eigenvalue weighted by Crippen LogP contribution is -2.30. The number of hydrogen-bond acceptors (Lipinski definition) is 3. The number of hydrogen-bond donors (Lipinski definition) is 0. The first-order chi connectivity index (χ1) is 11.7. The molecular weight excluding hydrogens is 304 g/mol. The quantitative estimate of drug-likeness (QED) is 0.183. The Kier molecular flexibility index (Phi) is 3.13. The van der Waals surface area contributed by atoms with Gasteiger partial charge in [0.1, 0.15) is 0 Å². The van der Waals surface area contributed by atoms with Crippen LogP contribution in [-0.2, 0) is 0 Å². The molecule has 3 aromatic carbocycles. The first-order valence-corrected chi connectivity index (χ1v) is 7.44. The molecule has 4 aromatic rings. The fourth-order valence-corrected chi connectivity index (χ4v) is 3.05. The van der Waals surface area contributed by atoms with E-state index in [0.29, 0.717) is 16.8 Å². The van der Waals surface area contributed by atoms with Crippen LogP contribution in [0.1, 0.15) is 0 Å². The fourth-order valence-electron chi connectivity index (χ4n) is 3.05. The normalized spacial score (nSPS) is 11.0. The van der Waals surface area contributed by atoms with E-state index in [1.807, 2.05) is 42.5 Å². The first kappa shape index (κ1) is 14.1. The smallest absolute Gasteiger partial charge is 0.269 e. The number of para-hydroxylation sites is 1. The standard InChI is InChI=1S/C19H12N2O3/c22-20-18-8-4-3-6-16(18)15-5-1-2-7-17(15)19(20)13-9-11-14(12-10-13)21(23)24/h1-12H. The maximum Gasteiger partial charge on any atom is 0.269 e. The number of pyridine rings is 1. The molecule has 0 unspecified atom stereocenters. The summed E-state index contributed by atoms with van der Waals surface area (Å²) in [5, 5.41) is 26.5. The minimum absolute atomic E-state index is 0.00120. The van der Waals surface area contributed by atoms with Crippen LogP contribution < -0.4 is 4.73 Å². The van der Waals surface area contributed by atoms with Crippen LogP contribution in [0.5, 0.6) is 0 Å². The molecule has 0 aliphatic heterocycles. The van der Waals surface area contributed by atoms with E-state index in [2.05, 4.69) is 0 Å². The second-order valence-electron chi connectivity index (χ2n) is 5.51. The van der Waals surface area contributed by atoms with Gasteiger partial charge >= 0.3 is 0 Å². The van der Waals surface area contributed by atoms with Gasteiger partial charge in [-0.3, -0.25) is 10.1 Å². The van der Waals surface area contributed by atoms with Gasteiger partial charge in [-0.15, -0.1) is 0 Å². The van der Waals surface area contributed by atoms with Gasteiger partial charge in [-0.25, -0.2) is 0 Å². The maximum absolute atomic E-state index is 12.9. The van der Waals surface area contributed by atoms with Crippen molar-refractivity contribution in [2.75, 3.05) is 0 Å². The average Bonchev–Trinajstić information content (AvgIpc) is 2.62. The first-order valence-electron chi connectivity index (χ1n) is 7.44. The van der Waals surface area contributed by atoms with Crippen molar-refractivity contribution >= 4 is 27.4 Å². The van der Waals surface area contributed by atoms with Crippen molar-refractivity contribution < 1.29 is 9.65 Å². The summed E-state index contributed by atoms with van der Waals surface area (Å²) in [4.78, 5) is 10.4. The number of fused-ring (bicyclic) bond motifs is 3. The number of nitro groups is 1. The van der Waals surface area contributed by atoms with Crippen LogP contribution in [-0.4, -0.2) is 4.92 Å². The molecule has 4 rings (SSSR count). The zero-order valence-corrected chi connectivity index (χ0v) is 12.5. The predicted octanol–water partition coefficient (Wildman–Crippen LogP) is 4.20. The summed E-state index contributed by atoms with van der Waals surface area (Å²) in [5.74, 6) is 0. The molecule has 5 nitrogen and oxygen atoms in total. The zero-order valence-electron chi connectivity index (χ0n) is 12.5. The van der Waals surface area contributed by atoms with Crippen LogP contribution in [0, 0.1) is 15.3 Å². The van der Waals surface area contributed by atoms with E-state index in [1.165, 1.54) is 12.1 Å². The van der Waals surface area contributed by atoms with Gasteiger partial charge in [0, 0.05) is 29.1 Å². The van der Waals surface area contributed by atoms with Crippen molar-refractivity contribution in [3.05, 3.63) is 88.1 Å². The molecule has 0 radical (unpaired) electrons. The summed E-state index contributed by atoms with van der Waals surface area (Å²) in [5.41, 5.74) is 1.72. The molecule has 0 spiro atoms. The van der Waals surface area contributed by atoms with Crippen molar-refractivity contribution in [2.24, 2.45) is 0 Å². The second kappa shape index (κ2) is 5.31. The molecule has 0 amide bonds. The van der Waals surface area contributed by atoms with Gasteiger partial charge in [0.2, 0.25) is 11.2 Å². The van der Waals surface area contributed by atoms with Crippen LogP contribution in [0.4, 0.5) is 5.69 Å². The van der Waals surface area contributed by atoms with Crippen LogP contribution in [0.2, 0.25) is 0 Å². The summed E-state index contributed by atoms with van der Waals surface area (Å²) in [6.07, 6.45) is 0. The van der Waals surface area contributed by atoms with Crippen LogP contribution in [0.25, 0.3) is 32.9 Å². The highest BCUT2D eigenvalue weighted by Crippen LogP contribution is 2.31. The Bertz CT molecular complexity index is 1090. The molecular formula is C19H12N2O3. The molecule has 0 aliphatic carbocycles. The van der Waals surface area contributed by atoms with Crippen molar-refractivity contribution in [1.82, 2.24) is 0 Å². The van der Waals surface area contributed by atoms with Gasteiger partial charge in [-0.05, 0) is 24.3 Å². The minimum atomic E-state index is -0.451. The van der Waals surface area contributed by atoms with Gasteiger partial charge in [-0.1, -0.05) is 30.3 Å². The molecule has 1 aromatic heterocycles. The third kappa shape index (κ3) is 2.06. The SMILES string of the molecule is O=[N+]([O-])c1ccc(-c2c3ccccc3c3ccccc3[n+]2[O-])cc1. The van der Waals surface area contributed by atoms with Crippen LogP contribution in [0.3, 0.4) is 0 Å². The highest BCUT2D eigenvalue weighted by molar-refractivity contribution is 6.08. The summed E-state index contributed by atoms with van der Waals surface area (Å²) in [7, 11) is 0. The Morgan fingerprint density at radius 3 is 2.00 bits per heavy atom. The lowest BCUT2D eigenvalue weighted by molar-refractivity contribution is -0.563. The van der Waals surface area contributed by atoms with E-state index >= 15 is 0 Å². The molecule has 24 heavy (non-hydrogen) atoms. The van der Waals surface area contributed by atoms with Gasteiger partial charge in [0.25, 0.3) is 5.69 Å². The molecule has 0 saturated carbocycles. The third-order valence-electron chi connectivity index (χ3n) is 4.15. The van der Waals surface area contributed by atoms with Gasteiger partial charge in [0.15, 0.2) is 0 Å². The number of nitrogens with zero attached hydrogens (tertiary/aromatic N) is 2. The summed E-state index contributed by atoms with van der Waals surface area (Å²) < 4.78 is 0.902. The van der Waals surface area contributed by atoms with E-state index < -0.39 is 4.92 Å². The Morgan fingerprint density at radius 1 is 0.750 bits per heavy atom. The van der Waals surface area contributed by atoms with E-state index in [1.54, 1.807) is 18.2 Å². The van der Waals surface area contributed by atoms with Crippen molar-refractivity contribution in [3.8, 4) is 11.3 Å². The van der Waals surface area contributed by atoms with Crippen molar-refractivity contribution in [1.29, 1.82) is 0 Å². The minimum Gasteiger partial charge on any atom is -0.618 e. The molecule has 0 saturated heterocycles. The largest absolute Gasteiger partial charge is 0.618 e. The monoisotopic (exact) mass is 316 g/mol. The van der Waals surface area contributed by atoms with E-state index in [4.69, 9.17) is 0 Å². The topological polar surface area (TPSA) is 70.1 Å². The average molecular weight is 316 g/mol. The number of rotatable bonds is 2.